The molecule has 0 unspecified atom stereocenters. The first-order chi connectivity index (χ1) is 11.6. The molecule has 1 fully saturated rings. The fraction of sp³-hybridized carbons (Fsp3) is 0.381. The summed E-state index contributed by atoms with van der Waals surface area (Å²) in [6, 6.07) is 13.2. The van der Waals surface area contributed by atoms with Gasteiger partial charge in [-0.05, 0) is 17.0 Å². The number of piperidine rings is 1. The monoisotopic (exact) mass is 322 g/mol. The summed E-state index contributed by atoms with van der Waals surface area (Å²) < 4.78 is 0. The van der Waals surface area contributed by atoms with Gasteiger partial charge in [-0.2, -0.15) is 0 Å². The van der Waals surface area contributed by atoms with Crippen LogP contribution in [0.15, 0.2) is 42.0 Å². The number of carbonyl (C=O) groups is 1. The molecule has 0 amide bonds. The van der Waals surface area contributed by atoms with E-state index in [-0.39, 0.29) is 5.78 Å². The van der Waals surface area contributed by atoms with Crippen LogP contribution in [0.3, 0.4) is 0 Å². The molecular weight excluding hydrogens is 296 g/mol. The van der Waals surface area contributed by atoms with Crippen LogP contribution >= 0.6 is 0 Å². The number of hydrogen-bond donors (Lipinski definition) is 2. The van der Waals surface area contributed by atoms with Crippen molar-refractivity contribution in [2.45, 2.75) is 18.9 Å². The molecule has 2 aromatic carbocycles. The molecule has 0 spiro atoms. The molecule has 0 saturated carbocycles. The first kappa shape index (κ1) is 15.6. The summed E-state index contributed by atoms with van der Waals surface area (Å²) in [4.78, 5) is 16.1. The normalized spacial score (nSPS) is 23.6. The van der Waals surface area contributed by atoms with Crippen LogP contribution in [-0.4, -0.2) is 45.6 Å². The van der Waals surface area contributed by atoms with Crippen molar-refractivity contribution in [2.75, 3.05) is 33.7 Å². The molecule has 0 bridgehead atoms. The maximum Gasteiger partial charge on any atom is 0.195 e. The second-order valence-electron chi connectivity index (χ2n) is 7.53. The molecule has 2 aliphatic rings. The van der Waals surface area contributed by atoms with Crippen molar-refractivity contribution in [1.82, 2.24) is 0 Å². The summed E-state index contributed by atoms with van der Waals surface area (Å²) >= 11 is 0. The first-order valence-electron chi connectivity index (χ1n) is 9.04. The van der Waals surface area contributed by atoms with Gasteiger partial charge in [-0.25, -0.2) is 0 Å². The van der Waals surface area contributed by atoms with Crippen molar-refractivity contribution in [1.29, 1.82) is 0 Å². The number of rotatable bonds is 3. The molecule has 3 heteroatoms. The number of carbonyl (C=O) groups excluding carboxylic acids is 1. The van der Waals surface area contributed by atoms with Gasteiger partial charge >= 0.3 is 0 Å². The number of hydrogen-bond acceptors (Lipinski definition) is 1. The van der Waals surface area contributed by atoms with Gasteiger partial charge in [0.1, 0.15) is 6.54 Å². The number of Topliss-reactive ketones (excluding diaryl/α,β-unsaturated/α-hetero) is 1. The number of quaternary nitrogens is 2. The van der Waals surface area contributed by atoms with Crippen molar-refractivity contribution >= 4 is 22.6 Å². The van der Waals surface area contributed by atoms with E-state index in [1.54, 1.807) is 9.80 Å². The molecule has 24 heavy (non-hydrogen) atoms. The number of ketones is 1. The second-order valence-corrected chi connectivity index (χ2v) is 7.53. The van der Waals surface area contributed by atoms with E-state index in [1.165, 1.54) is 31.5 Å². The van der Waals surface area contributed by atoms with E-state index in [0.29, 0.717) is 0 Å². The molecule has 2 N–H and O–H groups in total. The quantitative estimate of drug-likeness (QED) is 0.851. The van der Waals surface area contributed by atoms with E-state index in [0.717, 1.165) is 34.5 Å². The van der Waals surface area contributed by atoms with Crippen molar-refractivity contribution in [3.63, 3.8) is 0 Å². The number of likely N-dealkylation sites (tertiary alicyclic amines) is 1. The Bertz CT molecular complexity index is 808. The van der Waals surface area contributed by atoms with E-state index in [4.69, 9.17) is 0 Å². The Morgan fingerprint density at radius 3 is 2.50 bits per heavy atom. The lowest BCUT2D eigenvalue weighted by atomic mass is 9.87. The summed E-state index contributed by atoms with van der Waals surface area (Å²) in [7, 11) is 4.50. The smallest absolute Gasteiger partial charge is 0.195 e. The molecule has 1 aliphatic heterocycles. The van der Waals surface area contributed by atoms with Gasteiger partial charge in [0.2, 0.25) is 0 Å². The Morgan fingerprint density at radius 2 is 1.79 bits per heavy atom. The van der Waals surface area contributed by atoms with E-state index in [2.05, 4.69) is 44.4 Å². The SMILES string of the molecule is C[NH+](C)C1CC[NH+](CC2=Cc3cccc4cccc(c34)C2=O)CC1. The van der Waals surface area contributed by atoms with Crippen LogP contribution in [0, 0.1) is 0 Å². The molecule has 1 aliphatic carbocycles. The lowest BCUT2D eigenvalue weighted by Crippen LogP contribution is -3.18. The minimum atomic E-state index is 0.229. The van der Waals surface area contributed by atoms with Gasteiger partial charge < -0.3 is 9.80 Å². The first-order valence-corrected chi connectivity index (χ1v) is 9.04. The minimum absolute atomic E-state index is 0.229. The lowest BCUT2D eigenvalue weighted by molar-refractivity contribution is -0.936. The van der Waals surface area contributed by atoms with Gasteiger partial charge in [0.05, 0.1) is 38.8 Å². The average molecular weight is 322 g/mol. The number of benzene rings is 2. The van der Waals surface area contributed by atoms with E-state index in [1.807, 2.05) is 12.1 Å². The van der Waals surface area contributed by atoms with Gasteiger partial charge in [-0.1, -0.05) is 36.4 Å². The second kappa shape index (κ2) is 6.15. The van der Waals surface area contributed by atoms with E-state index < -0.39 is 0 Å². The average Bonchev–Trinajstić information content (AvgIpc) is 2.60. The zero-order valence-electron chi connectivity index (χ0n) is 14.6. The Balaban J connectivity index is 1.58. The number of nitrogens with one attached hydrogen (secondary N) is 2. The molecule has 124 valence electrons. The summed E-state index contributed by atoms with van der Waals surface area (Å²) in [6.45, 7) is 3.21. The Kier molecular flexibility index (Phi) is 3.99. The lowest BCUT2D eigenvalue weighted by Gasteiger charge is -2.31. The fourth-order valence-corrected chi connectivity index (χ4v) is 4.29. The summed E-state index contributed by atoms with van der Waals surface area (Å²) in [5.74, 6) is 0.229. The largest absolute Gasteiger partial charge is 0.337 e. The standard InChI is InChI=1S/C21H24N2O/c1-22(2)18-9-11-23(12-10-18)14-17-13-16-7-3-5-15-6-4-8-19(20(15)16)21(17)24/h3-8,13,18H,9-12,14H2,1-2H3/p+2. The van der Waals surface area contributed by atoms with E-state index >= 15 is 0 Å². The molecule has 4 rings (SSSR count). The molecule has 0 radical (unpaired) electrons. The Morgan fingerprint density at radius 1 is 1.08 bits per heavy atom. The van der Waals surface area contributed by atoms with Gasteiger partial charge in [0, 0.05) is 23.8 Å². The zero-order chi connectivity index (χ0) is 16.7. The molecule has 1 saturated heterocycles. The molecule has 2 aromatic rings. The highest BCUT2D eigenvalue weighted by Crippen LogP contribution is 2.30. The minimum Gasteiger partial charge on any atom is -0.337 e. The van der Waals surface area contributed by atoms with Crippen molar-refractivity contribution < 1.29 is 14.6 Å². The van der Waals surface area contributed by atoms with Gasteiger partial charge in [-0.3, -0.25) is 4.79 Å². The highest BCUT2D eigenvalue weighted by Gasteiger charge is 2.29. The van der Waals surface area contributed by atoms with Gasteiger partial charge in [0.25, 0.3) is 0 Å². The maximum atomic E-state index is 13.0. The van der Waals surface area contributed by atoms with Crippen LogP contribution in [0.2, 0.25) is 0 Å². The van der Waals surface area contributed by atoms with Crippen LogP contribution in [0.25, 0.3) is 16.8 Å². The molecular formula is C21H26N2O+2. The molecule has 0 atom stereocenters. The molecule has 0 aromatic heterocycles. The fourth-order valence-electron chi connectivity index (χ4n) is 4.29. The molecule has 3 nitrogen and oxygen atoms in total. The third-order valence-electron chi connectivity index (χ3n) is 5.75. The van der Waals surface area contributed by atoms with E-state index in [9.17, 15) is 4.79 Å². The van der Waals surface area contributed by atoms with Crippen molar-refractivity contribution in [3.05, 3.63) is 53.1 Å². The van der Waals surface area contributed by atoms with Crippen molar-refractivity contribution in [2.24, 2.45) is 0 Å². The van der Waals surface area contributed by atoms with Crippen LogP contribution in [0.4, 0.5) is 0 Å². The van der Waals surface area contributed by atoms with Gasteiger partial charge in [-0.15, -0.1) is 0 Å². The third kappa shape index (κ3) is 2.68. The Labute approximate surface area is 143 Å². The van der Waals surface area contributed by atoms with Crippen LogP contribution in [0.1, 0.15) is 28.8 Å². The summed E-state index contributed by atoms with van der Waals surface area (Å²) in [5, 5.41) is 2.29. The summed E-state index contributed by atoms with van der Waals surface area (Å²) in [6.07, 6.45) is 4.64. The predicted octanol–water partition coefficient (Wildman–Crippen LogP) is 0.611. The van der Waals surface area contributed by atoms with Crippen LogP contribution in [0.5, 0.6) is 0 Å². The summed E-state index contributed by atoms with van der Waals surface area (Å²) in [5.41, 5.74) is 3.06. The van der Waals surface area contributed by atoms with Crippen molar-refractivity contribution in [3.8, 4) is 0 Å². The van der Waals surface area contributed by atoms with Crippen LogP contribution < -0.4 is 9.80 Å². The maximum absolute atomic E-state index is 13.0. The van der Waals surface area contributed by atoms with Crippen LogP contribution in [-0.2, 0) is 0 Å². The highest BCUT2D eigenvalue weighted by molar-refractivity contribution is 6.22. The zero-order valence-corrected chi connectivity index (χ0v) is 14.6. The van der Waals surface area contributed by atoms with Gasteiger partial charge in [0.15, 0.2) is 5.78 Å². The predicted molar refractivity (Wildman–Crippen MR) is 97.7 cm³/mol. The molecule has 1 heterocycles. The highest BCUT2D eigenvalue weighted by atomic mass is 16.1. The topological polar surface area (TPSA) is 26.0 Å². The Hall–Kier alpha value is -1.97. The third-order valence-corrected chi connectivity index (χ3v) is 5.75.